The van der Waals surface area contributed by atoms with Gasteiger partial charge in [-0.2, -0.15) is 11.8 Å². The molecular formula is C20H28N2O3S. The quantitative estimate of drug-likeness (QED) is 0.715. The number of aromatic nitrogens is 1. The molecule has 1 aromatic rings. The van der Waals surface area contributed by atoms with Crippen LogP contribution in [-0.2, 0) is 20.9 Å². The van der Waals surface area contributed by atoms with Gasteiger partial charge >= 0.3 is 0 Å². The van der Waals surface area contributed by atoms with Gasteiger partial charge in [0.2, 0.25) is 5.91 Å². The maximum Gasteiger partial charge on any atom is 0.225 e. The monoisotopic (exact) mass is 376 g/mol. The third-order valence-electron chi connectivity index (χ3n) is 6.03. The van der Waals surface area contributed by atoms with E-state index in [4.69, 9.17) is 9.47 Å². The first kappa shape index (κ1) is 18.3. The fourth-order valence-electron chi connectivity index (χ4n) is 4.40. The minimum absolute atomic E-state index is 0.0981. The van der Waals surface area contributed by atoms with E-state index in [2.05, 4.69) is 4.98 Å². The van der Waals surface area contributed by atoms with Crippen molar-refractivity contribution in [1.82, 2.24) is 9.88 Å². The maximum absolute atomic E-state index is 12.7. The topological polar surface area (TPSA) is 51.7 Å². The Balaban J connectivity index is 1.22. The molecule has 0 saturated carbocycles. The minimum Gasteiger partial charge on any atom is -0.377 e. The fourth-order valence-corrected chi connectivity index (χ4v) is 5.50. The molecular weight excluding hydrogens is 348 g/mol. The first-order valence-electron chi connectivity index (χ1n) is 9.74. The zero-order valence-corrected chi connectivity index (χ0v) is 16.1. The molecule has 3 aliphatic rings. The van der Waals surface area contributed by atoms with Crippen LogP contribution in [0.5, 0.6) is 0 Å². The molecule has 26 heavy (non-hydrogen) atoms. The lowest BCUT2D eigenvalue weighted by molar-refractivity contribution is -0.170. The van der Waals surface area contributed by atoms with Crippen LogP contribution in [0.2, 0.25) is 0 Å². The van der Waals surface area contributed by atoms with E-state index in [1.165, 1.54) is 0 Å². The molecule has 3 aliphatic heterocycles. The summed E-state index contributed by atoms with van der Waals surface area (Å²) in [4.78, 5) is 18.7. The van der Waals surface area contributed by atoms with Gasteiger partial charge < -0.3 is 14.4 Å². The van der Waals surface area contributed by atoms with Crippen LogP contribution >= 0.6 is 11.8 Å². The van der Waals surface area contributed by atoms with Crippen LogP contribution in [0.3, 0.4) is 0 Å². The van der Waals surface area contributed by atoms with Crippen LogP contribution in [-0.4, -0.2) is 59.2 Å². The molecule has 1 aromatic heterocycles. The third-order valence-corrected chi connectivity index (χ3v) is 7.08. The smallest absolute Gasteiger partial charge is 0.225 e. The van der Waals surface area contributed by atoms with Gasteiger partial charge in [0.25, 0.3) is 0 Å². The van der Waals surface area contributed by atoms with Crippen molar-refractivity contribution >= 4 is 17.7 Å². The van der Waals surface area contributed by atoms with Crippen molar-refractivity contribution in [2.45, 2.75) is 37.9 Å². The second-order valence-corrected chi connectivity index (χ2v) is 8.90. The Morgan fingerprint density at radius 2 is 2.04 bits per heavy atom. The third kappa shape index (κ3) is 3.92. The first-order valence-corrected chi connectivity index (χ1v) is 10.9. The Kier molecular flexibility index (Phi) is 5.81. The molecule has 142 valence electrons. The van der Waals surface area contributed by atoms with Gasteiger partial charge in [-0.05, 0) is 60.8 Å². The van der Waals surface area contributed by atoms with E-state index in [9.17, 15) is 4.79 Å². The van der Waals surface area contributed by atoms with Crippen molar-refractivity contribution in [3.63, 3.8) is 0 Å². The molecule has 0 N–H and O–H groups in total. The highest BCUT2D eigenvalue weighted by Gasteiger charge is 2.54. The van der Waals surface area contributed by atoms with E-state index in [0.29, 0.717) is 18.4 Å². The van der Waals surface area contributed by atoms with Crippen molar-refractivity contribution in [2.24, 2.45) is 11.8 Å². The van der Waals surface area contributed by atoms with Crippen molar-refractivity contribution in [2.75, 3.05) is 37.8 Å². The Morgan fingerprint density at radius 3 is 2.81 bits per heavy atom. The highest BCUT2D eigenvalue weighted by molar-refractivity contribution is 7.99. The summed E-state index contributed by atoms with van der Waals surface area (Å²) in [6, 6.07) is 3.97. The van der Waals surface area contributed by atoms with Gasteiger partial charge in [0.05, 0.1) is 19.7 Å². The van der Waals surface area contributed by atoms with Gasteiger partial charge in [0, 0.05) is 31.5 Å². The van der Waals surface area contributed by atoms with Gasteiger partial charge in [0.15, 0.2) is 0 Å². The molecule has 0 aliphatic carbocycles. The number of ether oxygens (including phenoxy) is 2. The van der Waals surface area contributed by atoms with Crippen LogP contribution in [0.4, 0.5) is 0 Å². The lowest BCUT2D eigenvalue weighted by Crippen LogP contribution is -2.67. The summed E-state index contributed by atoms with van der Waals surface area (Å²) < 4.78 is 12.0. The lowest BCUT2D eigenvalue weighted by Gasteiger charge is -2.51. The van der Waals surface area contributed by atoms with E-state index in [1.807, 2.05) is 28.8 Å². The van der Waals surface area contributed by atoms with Crippen molar-refractivity contribution in [3.05, 3.63) is 30.1 Å². The van der Waals surface area contributed by atoms with Crippen LogP contribution in [0.25, 0.3) is 0 Å². The molecule has 0 bridgehead atoms. The van der Waals surface area contributed by atoms with Gasteiger partial charge in [-0.25, -0.2) is 0 Å². The molecule has 4 heterocycles. The van der Waals surface area contributed by atoms with E-state index >= 15 is 0 Å². The predicted molar refractivity (Wildman–Crippen MR) is 102 cm³/mol. The largest absolute Gasteiger partial charge is 0.377 e. The molecule has 3 fully saturated rings. The van der Waals surface area contributed by atoms with Crippen molar-refractivity contribution < 1.29 is 14.3 Å². The molecule has 1 atom stereocenters. The van der Waals surface area contributed by atoms with E-state index < -0.39 is 0 Å². The SMILES string of the molecule is O=C(C1CCSCC1)N1CC2(C1)OCC[C@H]2CCOCc1ccncc1. The number of hydrogen-bond donors (Lipinski definition) is 0. The Hall–Kier alpha value is -1.11. The Labute approximate surface area is 159 Å². The van der Waals surface area contributed by atoms with Crippen LogP contribution in [0.15, 0.2) is 24.5 Å². The highest BCUT2D eigenvalue weighted by atomic mass is 32.2. The van der Waals surface area contributed by atoms with Gasteiger partial charge in [-0.15, -0.1) is 0 Å². The molecule has 0 radical (unpaired) electrons. The van der Waals surface area contributed by atoms with Gasteiger partial charge in [-0.1, -0.05) is 0 Å². The number of carbonyl (C=O) groups excluding carboxylic acids is 1. The molecule has 3 saturated heterocycles. The molecule has 0 aromatic carbocycles. The average molecular weight is 377 g/mol. The molecule has 6 heteroatoms. The van der Waals surface area contributed by atoms with Crippen LogP contribution in [0, 0.1) is 11.8 Å². The second kappa shape index (κ2) is 8.28. The fraction of sp³-hybridized carbons (Fsp3) is 0.700. The Bertz CT molecular complexity index is 600. The molecule has 0 unspecified atom stereocenters. The Morgan fingerprint density at radius 1 is 1.27 bits per heavy atom. The summed E-state index contributed by atoms with van der Waals surface area (Å²) >= 11 is 1.97. The van der Waals surface area contributed by atoms with E-state index in [1.54, 1.807) is 12.4 Å². The predicted octanol–water partition coefficient (Wildman–Crippen LogP) is 2.75. The number of nitrogens with zero attached hydrogens (tertiary/aromatic N) is 2. The number of rotatable bonds is 6. The van der Waals surface area contributed by atoms with E-state index in [0.717, 1.165) is 69.1 Å². The summed E-state index contributed by atoms with van der Waals surface area (Å²) in [5, 5.41) is 0. The summed E-state index contributed by atoms with van der Waals surface area (Å²) in [5.74, 6) is 3.37. The zero-order valence-electron chi connectivity index (χ0n) is 15.3. The number of carbonyl (C=O) groups is 1. The number of hydrogen-bond acceptors (Lipinski definition) is 5. The summed E-state index contributed by atoms with van der Waals surface area (Å²) in [6.45, 7) is 3.76. The zero-order chi connectivity index (χ0) is 17.8. The van der Waals surface area contributed by atoms with Crippen molar-refractivity contribution in [1.29, 1.82) is 0 Å². The maximum atomic E-state index is 12.7. The number of likely N-dealkylation sites (tertiary alicyclic amines) is 1. The standard InChI is InChI=1S/C20H28N2O3S/c23-19(17-5-11-26-12-6-17)22-14-20(15-22)18(4-10-25-20)3-9-24-13-16-1-7-21-8-2-16/h1-2,7-8,17-18H,3-6,9-15H2/t18-/m1/s1. The minimum atomic E-state index is -0.0981. The molecule has 4 rings (SSSR count). The summed E-state index contributed by atoms with van der Waals surface area (Å²) in [5.41, 5.74) is 1.06. The lowest BCUT2D eigenvalue weighted by atomic mass is 9.78. The summed E-state index contributed by atoms with van der Waals surface area (Å²) in [7, 11) is 0. The van der Waals surface area contributed by atoms with Gasteiger partial charge in [0.1, 0.15) is 5.60 Å². The second-order valence-electron chi connectivity index (χ2n) is 7.68. The number of thioether (sulfide) groups is 1. The van der Waals surface area contributed by atoms with Crippen LogP contribution in [0.1, 0.15) is 31.2 Å². The highest BCUT2D eigenvalue weighted by Crippen LogP contribution is 2.42. The van der Waals surface area contributed by atoms with Crippen LogP contribution < -0.4 is 0 Å². The number of amides is 1. The normalized spacial score (nSPS) is 25.4. The molecule has 1 amide bonds. The molecule has 1 spiro atoms. The number of pyridine rings is 1. The average Bonchev–Trinajstić information content (AvgIpc) is 3.09. The van der Waals surface area contributed by atoms with E-state index in [-0.39, 0.29) is 11.5 Å². The first-order chi connectivity index (χ1) is 12.8. The van der Waals surface area contributed by atoms with Crippen molar-refractivity contribution in [3.8, 4) is 0 Å². The summed E-state index contributed by atoms with van der Waals surface area (Å²) in [6.07, 6.45) is 7.76. The molecule has 5 nitrogen and oxygen atoms in total. The van der Waals surface area contributed by atoms with Gasteiger partial charge in [-0.3, -0.25) is 9.78 Å².